The lowest BCUT2D eigenvalue weighted by atomic mass is 10.0. The van der Waals surface area contributed by atoms with Crippen molar-refractivity contribution in [3.63, 3.8) is 0 Å². The zero-order chi connectivity index (χ0) is 19.7. The van der Waals surface area contributed by atoms with Gasteiger partial charge in [0.05, 0.1) is 23.6 Å². The largest absolute Gasteiger partial charge is 0.349 e. The van der Waals surface area contributed by atoms with E-state index in [-0.39, 0.29) is 21.8 Å². The Bertz CT molecular complexity index is 861. The van der Waals surface area contributed by atoms with E-state index in [4.69, 9.17) is 0 Å². The first-order valence-corrected chi connectivity index (χ1v) is 13.2. The number of rotatable bonds is 6. The quantitative estimate of drug-likeness (QED) is 0.659. The lowest BCUT2D eigenvalue weighted by molar-refractivity contribution is -0.123. The summed E-state index contributed by atoms with van der Waals surface area (Å²) in [5, 5.41) is 4.41. The molecule has 1 aromatic rings. The van der Waals surface area contributed by atoms with Gasteiger partial charge in [0.25, 0.3) is 10.0 Å². The predicted molar refractivity (Wildman–Crippen MR) is 104 cm³/mol. The van der Waals surface area contributed by atoms with E-state index in [0.29, 0.717) is 0 Å². The average molecular weight is 436 g/mol. The standard InChI is InChI=1S/C16H25N3O5S3/c1-12(18-27(23,24)15-6-5-9-25-15)16(20)17-13-10-26(21,22)11-14(13)19-7-3-2-4-8-19/h5-6,9,12-14,18H,2-4,7-8,10-11H2,1H3,(H,17,20). The minimum atomic E-state index is -3.77. The molecule has 1 amide bonds. The van der Waals surface area contributed by atoms with Gasteiger partial charge < -0.3 is 5.32 Å². The molecule has 0 radical (unpaired) electrons. The third kappa shape index (κ3) is 5.08. The van der Waals surface area contributed by atoms with Gasteiger partial charge in [0.1, 0.15) is 4.21 Å². The molecule has 27 heavy (non-hydrogen) atoms. The SMILES string of the molecule is CC(NS(=O)(=O)c1cccs1)C(=O)NC1CS(=O)(=O)CC1N1CCCCC1. The number of sulfonamides is 1. The Balaban J connectivity index is 1.66. The van der Waals surface area contributed by atoms with Crippen LogP contribution in [0.2, 0.25) is 0 Å². The number of sulfone groups is 1. The minimum absolute atomic E-state index is 0.0350. The molecule has 2 fully saturated rings. The fourth-order valence-electron chi connectivity index (χ4n) is 3.65. The topological polar surface area (TPSA) is 113 Å². The van der Waals surface area contributed by atoms with Crippen molar-refractivity contribution in [3.05, 3.63) is 17.5 Å². The highest BCUT2D eigenvalue weighted by atomic mass is 32.2. The number of carbonyl (C=O) groups is 1. The highest BCUT2D eigenvalue weighted by Gasteiger charge is 2.42. The molecule has 2 aliphatic heterocycles. The van der Waals surface area contributed by atoms with Crippen molar-refractivity contribution in [2.75, 3.05) is 24.6 Å². The van der Waals surface area contributed by atoms with Crippen LogP contribution in [0.4, 0.5) is 0 Å². The number of carbonyl (C=O) groups excluding carboxylic acids is 1. The Labute approximate surface area is 164 Å². The fourth-order valence-corrected chi connectivity index (χ4v) is 7.81. The normalized spacial score (nSPS) is 27.3. The lowest BCUT2D eigenvalue weighted by Gasteiger charge is -2.35. The van der Waals surface area contributed by atoms with E-state index in [1.807, 2.05) is 0 Å². The third-order valence-electron chi connectivity index (χ3n) is 5.00. The van der Waals surface area contributed by atoms with Crippen LogP contribution in [0.3, 0.4) is 0 Å². The maximum Gasteiger partial charge on any atom is 0.250 e. The highest BCUT2D eigenvalue weighted by molar-refractivity contribution is 7.92. The Morgan fingerprint density at radius 3 is 2.59 bits per heavy atom. The minimum Gasteiger partial charge on any atom is -0.349 e. The summed E-state index contributed by atoms with van der Waals surface area (Å²) < 4.78 is 51.3. The summed E-state index contributed by atoms with van der Waals surface area (Å²) in [5.41, 5.74) is 0. The van der Waals surface area contributed by atoms with E-state index in [2.05, 4.69) is 14.9 Å². The number of piperidine rings is 1. The lowest BCUT2D eigenvalue weighted by Crippen LogP contribution is -2.55. The van der Waals surface area contributed by atoms with Crippen molar-refractivity contribution in [2.24, 2.45) is 0 Å². The zero-order valence-corrected chi connectivity index (χ0v) is 17.6. The Kier molecular flexibility index (Phi) is 6.26. The summed E-state index contributed by atoms with van der Waals surface area (Å²) >= 11 is 1.07. The molecule has 0 bridgehead atoms. The monoisotopic (exact) mass is 435 g/mol. The van der Waals surface area contributed by atoms with Gasteiger partial charge in [-0.2, -0.15) is 4.72 Å². The first-order chi connectivity index (χ1) is 12.7. The molecular weight excluding hydrogens is 410 g/mol. The van der Waals surface area contributed by atoms with E-state index in [1.165, 1.54) is 13.0 Å². The zero-order valence-electron chi connectivity index (χ0n) is 15.1. The van der Waals surface area contributed by atoms with Crippen LogP contribution in [0.5, 0.6) is 0 Å². The highest BCUT2D eigenvalue weighted by Crippen LogP contribution is 2.22. The average Bonchev–Trinajstić information content (AvgIpc) is 3.23. The van der Waals surface area contributed by atoms with Crippen LogP contribution < -0.4 is 10.0 Å². The molecule has 0 saturated carbocycles. The number of nitrogens with zero attached hydrogens (tertiary/aromatic N) is 1. The number of nitrogens with one attached hydrogen (secondary N) is 2. The number of hydrogen-bond acceptors (Lipinski definition) is 7. The van der Waals surface area contributed by atoms with E-state index < -0.39 is 37.9 Å². The summed E-state index contributed by atoms with van der Waals surface area (Å²) in [6, 6.07) is 1.32. The summed E-state index contributed by atoms with van der Waals surface area (Å²) in [6.07, 6.45) is 3.18. The van der Waals surface area contributed by atoms with Gasteiger partial charge in [0, 0.05) is 6.04 Å². The summed E-state index contributed by atoms with van der Waals surface area (Å²) in [4.78, 5) is 14.7. The van der Waals surface area contributed by atoms with Crippen LogP contribution in [-0.2, 0) is 24.7 Å². The first-order valence-electron chi connectivity index (χ1n) is 8.99. The van der Waals surface area contributed by atoms with Gasteiger partial charge in [-0.1, -0.05) is 12.5 Å². The smallest absolute Gasteiger partial charge is 0.250 e. The van der Waals surface area contributed by atoms with Gasteiger partial charge >= 0.3 is 0 Å². The second-order valence-electron chi connectivity index (χ2n) is 7.13. The van der Waals surface area contributed by atoms with Crippen molar-refractivity contribution < 1.29 is 21.6 Å². The van der Waals surface area contributed by atoms with Gasteiger partial charge in [-0.3, -0.25) is 9.69 Å². The maximum absolute atomic E-state index is 12.5. The molecule has 0 aromatic carbocycles. The van der Waals surface area contributed by atoms with Gasteiger partial charge in [-0.05, 0) is 44.3 Å². The molecule has 2 aliphatic rings. The molecule has 0 spiro atoms. The Morgan fingerprint density at radius 1 is 1.26 bits per heavy atom. The summed E-state index contributed by atoms with van der Waals surface area (Å²) in [5.74, 6) is -0.586. The van der Waals surface area contributed by atoms with Crippen LogP contribution in [0, 0.1) is 0 Å². The molecule has 3 atom stereocenters. The van der Waals surface area contributed by atoms with Gasteiger partial charge in [0.15, 0.2) is 9.84 Å². The summed E-state index contributed by atoms with van der Waals surface area (Å²) in [6.45, 7) is 3.11. The third-order valence-corrected chi connectivity index (χ3v) is 9.65. The fraction of sp³-hybridized carbons (Fsp3) is 0.688. The molecule has 11 heteroatoms. The molecule has 3 unspecified atom stereocenters. The molecule has 8 nitrogen and oxygen atoms in total. The second kappa shape index (κ2) is 8.16. The molecule has 1 aromatic heterocycles. The maximum atomic E-state index is 12.5. The molecule has 3 rings (SSSR count). The molecule has 152 valence electrons. The van der Waals surface area contributed by atoms with Crippen LogP contribution >= 0.6 is 11.3 Å². The number of thiophene rings is 1. The molecular formula is C16H25N3O5S3. The molecule has 2 saturated heterocycles. The molecule has 0 aliphatic carbocycles. The van der Waals surface area contributed by atoms with Crippen molar-refractivity contribution >= 4 is 37.1 Å². The van der Waals surface area contributed by atoms with E-state index in [9.17, 15) is 21.6 Å². The van der Waals surface area contributed by atoms with Crippen molar-refractivity contribution in [2.45, 2.75) is 48.5 Å². The van der Waals surface area contributed by atoms with Crippen LogP contribution in [-0.4, -0.2) is 70.4 Å². The van der Waals surface area contributed by atoms with Gasteiger partial charge in [0.2, 0.25) is 5.91 Å². The van der Waals surface area contributed by atoms with Crippen LogP contribution in [0.25, 0.3) is 0 Å². The molecule has 3 heterocycles. The molecule has 2 N–H and O–H groups in total. The van der Waals surface area contributed by atoms with Crippen molar-refractivity contribution in [3.8, 4) is 0 Å². The Morgan fingerprint density at radius 2 is 1.96 bits per heavy atom. The number of likely N-dealkylation sites (tertiary alicyclic amines) is 1. The number of hydrogen-bond donors (Lipinski definition) is 2. The van der Waals surface area contributed by atoms with Crippen LogP contribution in [0.1, 0.15) is 26.2 Å². The van der Waals surface area contributed by atoms with Crippen molar-refractivity contribution in [1.82, 2.24) is 14.9 Å². The van der Waals surface area contributed by atoms with Gasteiger partial charge in [-0.15, -0.1) is 11.3 Å². The second-order valence-corrected chi connectivity index (χ2v) is 12.2. The Hall–Kier alpha value is -1.01. The van der Waals surface area contributed by atoms with Crippen LogP contribution in [0.15, 0.2) is 21.7 Å². The van der Waals surface area contributed by atoms with E-state index >= 15 is 0 Å². The van der Waals surface area contributed by atoms with E-state index in [0.717, 1.165) is 43.7 Å². The predicted octanol–water partition coefficient (Wildman–Crippen LogP) is 0.183. The summed E-state index contributed by atoms with van der Waals surface area (Å²) in [7, 11) is -7.00. The van der Waals surface area contributed by atoms with Gasteiger partial charge in [-0.25, -0.2) is 16.8 Å². The van der Waals surface area contributed by atoms with E-state index in [1.54, 1.807) is 11.4 Å². The first kappa shape index (κ1) is 20.7. The van der Waals surface area contributed by atoms with Crippen molar-refractivity contribution in [1.29, 1.82) is 0 Å². The number of amides is 1.